The number of hydrogen-bond donors (Lipinski definition) is 0. The fourth-order valence-corrected chi connectivity index (χ4v) is 3.40. The Balaban J connectivity index is 2.25. The molecule has 130 valence electrons. The first-order valence-corrected chi connectivity index (χ1v) is 8.30. The van der Waals surface area contributed by atoms with Gasteiger partial charge in [0.05, 0.1) is 17.3 Å². The van der Waals surface area contributed by atoms with Gasteiger partial charge in [-0.15, -0.1) is 0 Å². The van der Waals surface area contributed by atoms with E-state index in [1.165, 1.54) is 4.90 Å². The van der Waals surface area contributed by atoms with Crippen LogP contribution < -0.4 is 4.74 Å². The largest absolute Gasteiger partial charge is 0.483 e. The fourth-order valence-electron chi connectivity index (χ4n) is 3.40. The summed E-state index contributed by atoms with van der Waals surface area (Å²) in [6, 6.07) is 7.38. The highest BCUT2D eigenvalue weighted by atomic mass is 16.5. The van der Waals surface area contributed by atoms with Gasteiger partial charge in [-0.05, 0) is 38.5 Å². The van der Waals surface area contributed by atoms with Gasteiger partial charge in [0.25, 0.3) is 0 Å². The van der Waals surface area contributed by atoms with Crippen LogP contribution in [0.1, 0.15) is 37.8 Å². The van der Waals surface area contributed by atoms with Crippen molar-refractivity contribution in [3.63, 3.8) is 0 Å². The summed E-state index contributed by atoms with van der Waals surface area (Å²) in [7, 11) is 1.70. The first-order valence-electron chi connectivity index (χ1n) is 8.30. The van der Waals surface area contributed by atoms with Crippen molar-refractivity contribution < 1.29 is 14.3 Å². The van der Waals surface area contributed by atoms with E-state index in [-0.39, 0.29) is 5.91 Å². The van der Waals surface area contributed by atoms with Gasteiger partial charge in [0, 0.05) is 37.7 Å². The minimum atomic E-state index is -0.670. The van der Waals surface area contributed by atoms with Crippen LogP contribution in [0.15, 0.2) is 23.8 Å². The molecule has 1 aromatic carbocycles. The number of hydrogen-bond acceptors (Lipinski definition) is 4. The number of fused-ring (bicyclic) bond motifs is 1. The molecule has 2 aliphatic heterocycles. The third-order valence-corrected chi connectivity index (χ3v) is 4.67. The molecule has 1 aromatic rings. The highest BCUT2D eigenvalue weighted by molar-refractivity contribution is 5.92. The van der Waals surface area contributed by atoms with Crippen LogP contribution in [0, 0.1) is 11.3 Å². The maximum Gasteiger partial charge on any atom is 0.227 e. The second kappa shape index (κ2) is 6.25. The number of amides is 2. The fraction of sp³-hybridized carbons (Fsp3) is 0.421. The summed E-state index contributed by atoms with van der Waals surface area (Å²) in [4.78, 5) is 26.9. The van der Waals surface area contributed by atoms with Gasteiger partial charge in [0.2, 0.25) is 12.3 Å². The van der Waals surface area contributed by atoms with Crippen LogP contribution in [-0.4, -0.2) is 47.9 Å². The maximum absolute atomic E-state index is 12.5. The average Bonchev–Trinajstić information content (AvgIpc) is 3.00. The third-order valence-electron chi connectivity index (χ3n) is 4.67. The summed E-state index contributed by atoms with van der Waals surface area (Å²) < 4.78 is 6.15. The lowest BCUT2D eigenvalue weighted by molar-refractivity contribution is -0.125. The third kappa shape index (κ3) is 2.98. The number of rotatable bonds is 4. The molecule has 0 aliphatic carbocycles. The van der Waals surface area contributed by atoms with Gasteiger partial charge in [0.1, 0.15) is 11.4 Å². The lowest BCUT2D eigenvalue weighted by atomic mass is 9.88. The molecule has 2 amide bonds. The normalized spacial score (nSPS) is 18.5. The van der Waals surface area contributed by atoms with Crippen molar-refractivity contribution in [1.29, 1.82) is 5.26 Å². The van der Waals surface area contributed by atoms with Crippen LogP contribution in [0.5, 0.6) is 5.75 Å². The molecule has 2 heterocycles. The summed E-state index contributed by atoms with van der Waals surface area (Å²) in [5, 5.41) is 9.25. The lowest BCUT2D eigenvalue weighted by Crippen LogP contribution is -2.42. The first-order chi connectivity index (χ1) is 11.9. The van der Waals surface area contributed by atoms with Gasteiger partial charge in [-0.25, -0.2) is 0 Å². The number of nitriles is 1. The monoisotopic (exact) mass is 339 g/mol. The quantitative estimate of drug-likeness (QED) is 0.788. The molecule has 1 fully saturated rings. The molecule has 0 saturated carbocycles. The van der Waals surface area contributed by atoms with Gasteiger partial charge in [-0.1, -0.05) is 0 Å². The van der Waals surface area contributed by atoms with Crippen molar-refractivity contribution in [3.05, 3.63) is 34.9 Å². The van der Waals surface area contributed by atoms with E-state index in [1.807, 2.05) is 13.8 Å². The van der Waals surface area contributed by atoms with Crippen molar-refractivity contribution in [1.82, 2.24) is 9.80 Å². The summed E-state index contributed by atoms with van der Waals surface area (Å²) in [5.74, 6) is 0.712. The molecule has 6 nitrogen and oxygen atoms in total. The molecular weight excluding hydrogens is 318 g/mol. The van der Waals surface area contributed by atoms with Gasteiger partial charge in [-0.3, -0.25) is 9.59 Å². The molecule has 25 heavy (non-hydrogen) atoms. The molecule has 0 aromatic heterocycles. The van der Waals surface area contributed by atoms with E-state index in [1.54, 1.807) is 30.1 Å². The number of carbonyl (C=O) groups is 2. The van der Waals surface area contributed by atoms with Crippen molar-refractivity contribution in [2.45, 2.75) is 32.3 Å². The van der Waals surface area contributed by atoms with Gasteiger partial charge < -0.3 is 14.5 Å². The van der Waals surface area contributed by atoms with Crippen LogP contribution in [0.4, 0.5) is 0 Å². The molecule has 6 heteroatoms. The maximum atomic E-state index is 12.5. The molecule has 0 atom stereocenters. The van der Waals surface area contributed by atoms with Crippen molar-refractivity contribution in [2.24, 2.45) is 0 Å². The molecule has 0 radical (unpaired) electrons. The Hall–Kier alpha value is -2.81. The minimum Gasteiger partial charge on any atom is -0.483 e. The standard InChI is InChI=1S/C19H21N3O3/c1-19(2)15(11-21(3)12-23)18(22-8-4-5-17(22)24)14-9-13(10-20)6-7-16(14)25-19/h6-7,9,12H,4-5,8,11H2,1-3H3. The molecule has 0 spiro atoms. The zero-order valence-corrected chi connectivity index (χ0v) is 14.7. The van der Waals surface area contributed by atoms with E-state index >= 15 is 0 Å². The smallest absolute Gasteiger partial charge is 0.227 e. The number of likely N-dealkylation sites (tertiary alicyclic amines) is 1. The lowest BCUT2D eigenvalue weighted by Gasteiger charge is -2.40. The van der Waals surface area contributed by atoms with Crippen molar-refractivity contribution >= 4 is 18.0 Å². The Labute approximate surface area is 147 Å². The van der Waals surface area contributed by atoms with Crippen LogP contribution in [0.25, 0.3) is 5.70 Å². The highest BCUT2D eigenvalue weighted by Crippen LogP contribution is 2.44. The zero-order valence-electron chi connectivity index (χ0n) is 14.7. The van der Waals surface area contributed by atoms with E-state index in [9.17, 15) is 14.9 Å². The van der Waals surface area contributed by atoms with Crippen LogP contribution >= 0.6 is 0 Å². The molecule has 0 bridgehead atoms. The Morgan fingerprint density at radius 1 is 1.44 bits per heavy atom. The van der Waals surface area contributed by atoms with Gasteiger partial charge in [-0.2, -0.15) is 5.26 Å². The topological polar surface area (TPSA) is 73.6 Å². The predicted molar refractivity (Wildman–Crippen MR) is 92.4 cm³/mol. The van der Waals surface area contributed by atoms with Crippen molar-refractivity contribution in [3.8, 4) is 11.8 Å². The van der Waals surface area contributed by atoms with Crippen molar-refractivity contribution in [2.75, 3.05) is 20.1 Å². The highest BCUT2D eigenvalue weighted by Gasteiger charge is 2.40. The Bertz CT molecular complexity index is 805. The van der Waals surface area contributed by atoms with Crippen LogP contribution in [-0.2, 0) is 9.59 Å². The summed E-state index contributed by atoms with van der Waals surface area (Å²) >= 11 is 0. The molecule has 2 aliphatic rings. The van der Waals surface area contributed by atoms with Crippen LogP contribution in [0.2, 0.25) is 0 Å². The number of ether oxygens (including phenoxy) is 1. The SMILES string of the molecule is CN(C=O)CC1=C(N2CCCC2=O)c2cc(C#N)ccc2OC1(C)C. The minimum absolute atomic E-state index is 0.0623. The number of carbonyl (C=O) groups excluding carboxylic acids is 2. The first kappa shape index (κ1) is 17.0. The summed E-state index contributed by atoms with van der Waals surface area (Å²) in [5.41, 5.74) is 2.22. The van der Waals surface area contributed by atoms with E-state index in [4.69, 9.17) is 4.74 Å². The molecule has 3 rings (SSSR count). The zero-order chi connectivity index (χ0) is 18.2. The van der Waals surface area contributed by atoms with Gasteiger partial charge >= 0.3 is 0 Å². The molecular formula is C19H21N3O3. The number of likely N-dealkylation sites (N-methyl/N-ethyl adjacent to an activating group) is 1. The predicted octanol–water partition coefficient (Wildman–Crippen LogP) is 2.15. The Kier molecular flexibility index (Phi) is 4.25. The number of benzene rings is 1. The molecule has 1 saturated heterocycles. The number of nitrogens with zero attached hydrogens (tertiary/aromatic N) is 3. The van der Waals surface area contributed by atoms with Crippen LogP contribution in [0.3, 0.4) is 0 Å². The van der Waals surface area contributed by atoms with Gasteiger partial charge in [0.15, 0.2) is 0 Å². The Morgan fingerprint density at radius 2 is 2.20 bits per heavy atom. The summed E-state index contributed by atoms with van der Waals surface area (Å²) in [6.45, 7) is 4.85. The summed E-state index contributed by atoms with van der Waals surface area (Å²) in [6.07, 6.45) is 2.07. The van der Waals surface area contributed by atoms with E-state index < -0.39 is 5.60 Å². The average molecular weight is 339 g/mol. The van der Waals surface area contributed by atoms with E-state index in [0.29, 0.717) is 30.8 Å². The molecule has 0 unspecified atom stereocenters. The molecule has 0 N–H and O–H groups in total. The Morgan fingerprint density at radius 3 is 2.80 bits per heavy atom. The second-order valence-corrected chi connectivity index (χ2v) is 6.93. The second-order valence-electron chi connectivity index (χ2n) is 6.93. The van der Waals surface area contributed by atoms with E-state index in [0.717, 1.165) is 29.7 Å². The van der Waals surface area contributed by atoms with E-state index in [2.05, 4.69) is 6.07 Å².